The van der Waals surface area contributed by atoms with Crippen LogP contribution in [0, 0.1) is 0 Å². The first-order valence-corrected chi connectivity index (χ1v) is 25.9. The molecule has 0 rings (SSSR count). The molecular weight excluding hydrogens is 739 g/mol. The molecule has 0 aromatic carbocycles. The Morgan fingerprint density at radius 2 is 0.692 bits per heavy atom. The van der Waals surface area contributed by atoms with Crippen molar-refractivity contribution in [1.29, 1.82) is 0 Å². The van der Waals surface area contributed by atoms with Crippen LogP contribution >= 0.6 is 15.6 Å². The molecule has 0 aliphatic carbocycles. The minimum absolute atomic E-state index is 0.0600. The Morgan fingerprint density at radius 1 is 0.442 bits per heavy atom. The van der Waals surface area contributed by atoms with Gasteiger partial charge in [0.05, 0.1) is 33.0 Å². The zero-order valence-corrected chi connectivity index (χ0v) is 38.5. The first kappa shape index (κ1) is 60.3. The molecule has 0 saturated heterocycles. The van der Waals surface area contributed by atoms with Crippen molar-refractivity contribution in [3.8, 4) is 0 Å². The summed E-state index contributed by atoms with van der Waals surface area (Å²) < 4.78 is 25.3. The monoisotopic (exact) mass is 821 g/mol. The summed E-state index contributed by atoms with van der Waals surface area (Å²) in [6.45, 7) is 4.94. The molecule has 0 aromatic heterocycles. The van der Waals surface area contributed by atoms with E-state index < -0.39 is 15.6 Å². The van der Waals surface area contributed by atoms with Crippen molar-refractivity contribution in [2.45, 2.75) is 194 Å². The summed E-state index contributed by atoms with van der Waals surface area (Å²) in [6, 6.07) is 0. The molecule has 0 atom stereocenters. The molecule has 0 amide bonds. The van der Waals surface area contributed by atoms with Crippen molar-refractivity contribution >= 4 is 64.6 Å². The first-order valence-electron chi connectivity index (χ1n) is 20.6. The number of nitrogens with one attached hydrogen (secondary N) is 1. The number of phosphoric acid groups is 2. The van der Waals surface area contributed by atoms with E-state index in [0.717, 1.165) is 68.2 Å². The minimum Gasteiger partial charge on any atom is -0.394 e. The summed E-state index contributed by atoms with van der Waals surface area (Å²) in [6.07, 6.45) is 38.6. The topological polar surface area (TPSA) is 215 Å². The Kier molecular flexibility index (Phi) is 61.1. The van der Waals surface area contributed by atoms with Gasteiger partial charge in [-0.25, -0.2) is 9.13 Å². The summed E-state index contributed by atoms with van der Waals surface area (Å²) in [7, 11) is -8.89. The molecule has 314 valence electrons. The molecule has 0 aliphatic heterocycles. The maximum absolute atomic E-state index is 10.4. The third kappa shape index (κ3) is 84.3. The van der Waals surface area contributed by atoms with Gasteiger partial charge >= 0.3 is 136 Å². The van der Waals surface area contributed by atoms with Gasteiger partial charge < -0.3 is 34.7 Å². The third-order valence-electron chi connectivity index (χ3n) is 7.97. The molecule has 0 unspecified atom stereocenters. The van der Waals surface area contributed by atoms with Crippen LogP contribution in [0.15, 0.2) is 0 Å². The normalized spacial score (nSPS) is 11.3. The zero-order valence-electron chi connectivity index (χ0n) is 33.6. The second-order valence-electron chi connectivity index (χ2n) is 13.3. The SMILES string of the molecule is CCCCCCCCCCCCCCCCOP(=O)(O)O.CCCCCCCCCCCCCCC[CH2][K].O=P(O)(O)O.OCCONOCCO. The average molecular weight is 822 g/mol. The number of phosphoric ester groups is 1. The second-order valence-corrected chi connectivity index (χ2v) is 17.1. The van der Waals surface area contributed by atoms with E-state index in [-0.39, 0.29) is 33.0 Å². The molecule has 0 aliphatic rings. The molecule has 8 N–H and O–H groups in total. The molecule has 52 heavy (non-hydrogen) atoms. The van der Waals surface area contributed by atoms with Crippen LogP contribution in [0.5, 0.6) is 0 Å². The quantitative estimate of drug-likeness (QED) is 0.0128. The van der Waals surface area contributed by atoms with Crippen molar-refractivity contribution in [2.24, 2.45) is 0 Å². The van der Waals surface area contributed by atoms with Gasteiger partial charge in [0.15, 0.2) is 0 Å². The minimum atomic E-state index is -4.64. The van der Waals surface area contributed by atoms with E-state index in [1.54, 1.807) is 0.515 Å². The van der Waals surface area contributed by atoms with Gasteiger partial charge in [0.25, 0.3) is 0 Å². The van der Waals surface area contributed by atoms with Gasteiger partial charge in [-0.15, -0.1) is 0 Å². The van der Waals surface area contributed by atoms with Gasteiger partial charge in [0, 0.05) is 0 Å². The van der Waals surface area contributed by atoms with Crippen LogP contribution < -0.4 is 5.64 Å². The van der Waals surface area contributed by atoms with Crippen molar-refractivity contribution in [1.82, 2.24) is 5.64 Å². The number of rotatable bonds is 36. The summed E-state index contributed by atoms with van der Waals surface area (Å²) in [5.41, 5.74) is 2.07. The number of hydrogen-bond acceptors (Lipinski definition) is 8. The standard InChI is InChI=1S/C16H35O4P.C16H33.C4H11NO4.K.H3O4P/c1-2-3-4-5-6-7-8-9-10-11-12-13-14-15-16-20-21(17,18)19;1-3-5-7-9-11-13-15-16-14-12-10-8-6-4-2;6-1-3-8-5-9-4-2-7;;1-5(2,3)4/h2-16H2,1H3,(H2,17,18,19);1,3-16H2,2H3;5-7H,1-4H2;;(H3,1,2,3,4). The van der Waals surface area contributed by atoms with Crippen molar-refractivity contribution in [3.05, 3.63) is 0 Å². The third-order valence-corrected chi connectivity index (χ3v) is 9.59. The fourth-order valence-corrected chi connectivity index (χ4v) is 6.29. The van der Waals surface area contributed by atoms with Gasteiger partial charge in [-0.05, 0) is 6.42 Å². The van der Waals surface area contributed by atoms with Crippen molar-refractivity contribution in [2.75, 3.05) is 33.0 Å². The number of aliphatic hydroxyl groups is 2. The molecular formula is C36H82KNO12P2. The van der Waals surface area contributed by atoms with Gasteiger partial charge in [0.1, 0.15) is 0 Å². The molecule has 0 spiro atoms. The van der Waals surface area contributed by atoms with Gasteiger partial charge in [0.2, 0.25) is 0 Å². The first-order chi connectivity index (χ1) is 24.9. The van der Waals surface area contributed by atoms with Crippen LogP contribution in [0.2, 0.25) is 0.515 Å². The smallest absolute Gasteiger partial charge is 0.394 e. The van der Waals surface area contributed by atoms with Crippen LogP contribution in [0.1, 0.15) is 194 Å². The Labute approximate surface area is 352 Å². The summed E-state index contributed by atoms with van der Waals surface area (Å²) in [5, 5.41) is 16.3. The maximum Gasteiger partial charge on any atom is 0.466 e. The van der Waals surface area contributed by atoms with Gasteiger partial charge in [-0.3, -0.25) is 14.2 Å². The molecule has 0 aromatic rings. The summed E-state index contributed by atoms with van der Waals surface area (Å²) in [5.74, 6) is 0. The Morgan fingerprint density at radius 3 is 0.923 bits per heavy atom. The van der Waals surface area contributed by atoms with Crippen LogP contribution in [0.4, 0.5) is 0 Å². The van der Waals surface area contributed by atoms with E-state index in [9.17, 15) is 4.57 Å². The van der Waals surface area contributed by atoms with E-state index >= 15 is 0 Å². The van der Waals surface area contributed by atoms with Crippen LogP contribution in [-0.4, -0.2) is 117 Å². The average Bonchev–Trinajstić information content (AvgIpc) is 3.08. The van der Waals surface area contributed by atoms with Crippen LogP contribution in [0.3, 0.4) is 0 Å². The molecule has 0 fully saturated rings. The van der Waals surface area contributed by atoms with Gasteiger partial charge in [-0.1, -0.05) is 122 Å². The molecule has 0 bridgehead atoms. The van der Waals surface area contributed by atoms with E-state index in [2.05, 4.69) is 33.7 Å². The van der Waals surface area contributed by atoms with E-state index in [0.29, 0.717) is 0 Å². The molecule has 0 radical (unpaired) electrons. The molecule has 0 saturated carbocycles. The second kappa shape index (κ2) is 52.7. The largest absolute Gasteiger partial charge is 0.466 e. The predicted octanol–water partition coefficient (Wildman–Crippen LogP) is 9.13. The summed E-state index contributed by atoms with van der Waals surface area (Å²) >= 11 is 1.10. The van der Waals surface area contributed by atoms with E-state index in [1.165, 1.54) is 161 Å². The Hall–Kier alpha value is 1.66. The van der Waals surface area contributed by atoms with Crippen LogP contribution in [0.25, 0.3) is 0 Å². The predicted molar refractivity (Wildman–Crippen MR) is 213 cm³/mol. The van der Waals surface area contributed by atoms with E-state index in [1.807, 2.05) is 0 Å². The molecule has 0 heterocycles. The molecule has 13 nitrogen and oxygen atoms in total. The summed E-state index contributed by atoms with van der Waals surface area (Å²) in [4.78, 5) is 47.5. The molecule has 16 heteroatoms. The fourth-order valence-electron chi connectivity index (χ4n) is 5.14. The fraction of sp³-hybridized carbons (Fsp3) is 1.00. The van der Waals surface area contributed by atoms with Gasteiger partial charge in [-0.2, -0.15) is 0 Å². The van der Waals surface area contributed by atoms with E-state index in [4.69, 9.17) is 39.2 Å². The number of unbranched alkanes of at least 4 members (excludes halogenated alkanes) is 26. The van der Waals surface area contributed by atoms with Crippen molar-refractivity contribution in [3.63, 3.8) is 0 Å². The van der Waals surface area contributed by atoms with Crippen LogP contribution in [-0.2, 0) is 23.3 Å². The maximum atomic E-state index is 10.4. The number of hydrogen-bond donors (Lipinski definition) is 8. The Bertz CT molecular complexity index is 693. The Balaban J connectivity index is -0.000000330. The number of aliphatic hydroxyl groups excluding tert-OH is 2. The zero-order chi connectivity index (χ0) is 39.9. The van der Waals surface area contributed by atoms with Crippen molar-refractivity contribution < 1.29 is 58.0 Å².